The number of hydrogen-bond acceptors (Lipinski definition) is 6. The van der Waals surface area contributed by atoms with Crippen molar-refractivity contribution < 1.29 is 23.9 Å². The summed E-state index contributed by atoms with van der Waals surface area (Å²) < 4.78 is 4.76. The molecular weight excluding hydrogens is 424 g/mol. The number of carbonyl (C=O) groups excluding carboxylic acids is 4. The molecule has 1 heterocycles. The third-order valence-electron chi connectivity index (χ3n) is 6.35. The fourth-order valence-corrected chi connectivity index (χ4v) is 4.80. The SMILES string of the molecule is CCOC(=O)NC(=O)c1ccccc1NC(=O)C1CCN(C2CCCCC2)C(NC(C)=O)C1. The number of piperidine rings is 1. The molecule has 1 aliphatic heterocycles. The number of ether oxygens (including phenoxy) is 1. The first-order valence-corrected chi connectivity index (χ1v) is 11.8. The second kappa shape index (κ2) is 11.8. The minimum Gasteiger partial charge on any atom is -0.450 e. The molecule has 1 saturated heterocycles. The van der Waals surface area contributed by atoms with Gasteiger partial charge in [0, 0.05) is 25.4 Å². The van der Waals surface area contributed by atoms with Gasteiger partial charge in [0.1, 0.15) is 0 Å². The number of hydrogen-bond donors (Lipinski definition) is 3. The predicted octanol–water partition coefficient (Wildman–Crippen LogP) is 3.02. The van der Waals surface area contributed by atoms with E-state index in [4.69, 9.17) is 4.74 Å². The van der Waals surface area contributed by atoms with Crippen molar-refractivity contribution in [1.82, 2.24) is 15.5 Å². The summed E-state index contributed by atoms with van der Waals surface area (Å²) in [6, 6.07) is 6.97. The molecule has 4 amide bonds. The van der Waals surface area contributed by atoms with Crippen LogP contribution in [0.25, 0.3) is 0 Å². The quantitative estimate of drug-likeness (QED) is 0.603. The summed E-state index contributed by atoms with van der Waals surface area (Å²) in [6.07, 6.45) is 6.06. The Hall–Kier alpha value is -2.94. The number of benzene rings is 1. The van der Waals surface area contributed by atoms with E-state index < -0.39 is 12.0 Å². The van der Waals surface area contributed by atoms with Gasteiger partial charge in [-0.2, -0.15) is 0 Å². The maximum absolute atomic E-state index is 13.1. The van der Waals surface area contributed by atoms with Crippen LogP contribution in [-0.4, -0.2) is 54.1 Å². The first-order chi connectivity index (χ1) is 15.9. The van der Waals surface area contributed by atoms with Gasteiger partial charge in [0.05, 0.1) is 24.0 Å². The predicted molar refractivity (Wildman–Crippen MR) is 123 cm³/mol. The van der Waals surface area contributed by atoms with Gasteiger partial charge in [-0.1, -0.05) is 31.4 Å². The smallest absolute Gasteiger partial charge is 0.414 e. The van der Waals surface area contributed by atoms with Gasteiger partial charge in [-0.25, -0.2) is 4.79 Å². The number of amides is 4. The van der Waals surface area contributed by atoms with Gasteiger partial charge in [0.25, 0.3) is 5.91 Å². The fraction of sp³-hybridized carbons (Fsp3) is 0.583. The number of para-hydroxylation sites is 1. The molecule has 2 unspecified atom stereocenters. The Kier molecular flexibility index (Phi) is 8.82. The summed E-state index contributed by atoms with van der Waals surface area (Å²) in [5, 5.41) is 8.04. The van der Waals surface area contributed by atoms with Crippen molar-refractivity contribution >= 4 is 29.5 Å². The van der Waals surface area contributed by atoms with Gasteiger partial charge < -0.3 is 15.4 Å². The van der Waals surface area contributed by atoms with E-state index in [1.165, 1.54) is 32.3 Å². The Bertz CT molecular complexity index is 868. The molecule has 1 aromatic rings. The Balaban J connectivity index is 1.67. The normalized spacial score (nSPS) is 21.6. The van der Waals surface area contributed by atoms with Gasteiger partial charge in [0.15, 0.2) is 0 Å². The number of imide groups is 1. The summed E-state index contributed by atoms with van der Waals surface area (Å²) in [5.41, 5.74) is 0.507. The van der Waals surface area contributed by atoms with Crippen LogP contribution in [0, 0.1) is 5.92 Å². The van der Waals surface area contributed by atoms with E-state index >= 15 is 0 Å². The van der Waals surface area contributed by atoms with Crippen molar-refractivity contribution in [2.24, 2.45) is 5.92 Å². The second-order valence-electron chi connectivity index (χ2n) is 8.68. The van der Waals surface area contributed by atoms with Crippen molar-refractivity contribution in [3.05, 3.63) is 29.8 Å². The van der Waals surface area contributed by atoms with Crippen molar-refractivity contribution in [3.8, 4) is 0 Å². The Morgan fingerprint density at radius 1 is 1.06 bits per heavy atom. The van der Waals surface area contributed by atoms with Crippen LogP contribution in [0.3, 0.4) is 0 Å². The van der Waals surface area contributed by atoms with Crippen LogP contribution in [0.15, 0.2) is 24.3 Å². The molecule has 9 heteroatoms. The number of rotatable bonds is 6. The van der Waals surface area contributed by atoms with E-state index in [-0.39, 0.29) is 36.1 Å². The summed E-state index contributed by atoms with van der Waals surface area (Å²) >= 11 is 0. The number of nitrogens with zero attached hydrogens (tertiary/aromatic N) is 1. The van der Waals surface area contributed by atoms with E-state index in [0.717, 1.165) is 19.4 Å². The van der Waals surface area contributed by atoms with Crippen LogP contribution >= 0.6 is 0 Å². The van der Waals surface area contributed by atoms with E-state index in [9.17, 15) is 19.2 Å². The molecule has 2 aliphatic rings. The lowest BCUT2D eigenvalue weighted by Crippen LogP contribution is -2.57. The van der Waals surface area contributed by atoms with Gasteiger partial charge in [-0.3, -0.25) is 24.6 Å². The molecular formula is C24H34N4O5. The number of nitrogens with one attached hydrogen (secondary N) is 3. The lowest BCUT2D eigenvalue weighted by atomic mass is 9.88. The molecule has 0 radical (unpaired) electrons. The van der Waals surface area contributed by atoms with Crippen LogP contribution in [0.2, 0.25) is 0 Å². The summed E-state index contributed by atoms with van der Waals surface area (Å²) in [5.74, 6) is -1.26. The first-order valence-electron chi connectivity index (χ1n) is 11.8. The van der Waals surface area contributed by atoms with Gasteiger partial charge in [-0.15, -0.1) is 0 Å². The minimum absolute atomic E-state index is 0.108. The topological polar surface area (TPSA) is 117 Å². The van der Waals surface area contributed by atoms with Crippen LogP contribution in [0.5, 0.6) is 0 Å². The molecule has 9 nitrogen and oxygen atoms in total. The molecule has 1 aliphatic carbocycles. The molecule has 0 bridgehead atoms. The zero-order chi connectivity index (χ0) is 23.8. The van der Waals surface area contributed by atoms with E-state index in [1.54, 1.807) is 25.1 Å². The molecule has 33 heavy (non-hydrogen) atoms. The molecule has 2 fully saturated rings. The van der Waals surface area contributed by atoms with Crippen LogP contribution < -0.4 is 16.0 Å². The first kappa shape index (κ1) is 24.7. The van der Waals surface area contributed by atoms with Crippen molar-refractivity contribution in [1.29, 1.82) is 0 Å². The molecule has 0 aromatic heterocycles. The maximum Gasteiger partial charge on any atom is 0.414 e. The molecule has 2 atom stereocenters. The van der Waals surface area contributed by atoms with Crippen molar-refractivity contribution in [2.75, 3.05) is 18.5 Å². The largest absolute Gasteiger partial charge is 0.450 e. The van der Waals surface area contributed by atoms with Gasteiger partial charge in [-0.05, 0) is 44.7 Å². The lowest BCUT2D eigenvalue weighted by Gasteiger charge is -2.44. The standard InChI is InChI=1S/C24H34N4O5/c1-3-33-24(32)27-23(31)19-11-7-8-12-20(19)26-22(30)17-13-14-28(18-9-5-4-6-10-18)21(15-17)25-16(2)29/h7-8,11-12,17-18,21H,3-6,9-10,13-15H2,1-2H3,(H,25,29)(H,26,30)(H,27,31,32). The summed E-state index contributed by atoms with van der Waals surface area (Å²) in [7, 11) is 0. The Morgan fingerprint density at radius 3 is 2.48 bits per heavy atom. The number of likely N-dealkylation sites (tertiary alicyclic amines) is 1. The molecule has 3 rings (SSSR count). The monoisotopic (exact) mass is 458 g/mol. The zero-order valence-electron chi connectivity index (χ0n) is 19.4. The third-order valence-corrected chi connectivity index (χ3v) is 6.35. The van der Waals surface area contributed by atoms with Crippen LogP contribution in [-0.2, 0) is 14.3 Å². The van der Waals surface area contributed by atoms with Crippen molar-refractivity contribution in [3.63, 3.8) is 0 Å². The highest BCUT2D eigenvalue weighted by Crippen LogP contribution is 2.31. The molecule has 180 valence electrons. The molecule has 1 saturated carbocycles. The third kappa shape index (κ3) is 6.77. The maximum atomic E-state index is 13.1. The van der Waals surface area contributed by atoms with Crippen LogP contribution in [0.4, 0.5) is 10.5 Å². The highest BCUT2D eigenvalue weighted by atomic mass is 16.5. The van der Waals surface area contributed by atoms with E-state index in [1.807, 2.05) is 0 Å². The molecule has 0 spiro atoms. The average molecular weight is 459 g/mol. The fourth-order valence-electron chi connectivity index (χ4n) is 4.80. The second-order valence-corrected chi connectivity index (χ2v) is 8.68. The summed E-state index contributed by atoms with van der Waals surface area (Å²) in [4.78, 5) is 51.4. The Morgan fingerprint density at radius 2 is 1.79 bits per heavy atom. The summed E-state index contributed by atoms with van der Waals surface area (Å²) in [6.45, 7) is 4.03. The zero-order valence-corrected chi connectivity index (χ0v) is 19.4. The highest BCUT2D eigenvalue weighted by Gasteiger charge is 2.36. The number of carbonyl (C=O) groups is 4. The van der Waals surface area contributed by atoms with Gasteiger partial charge >= 0.3 is 6.09 Å². The highest BCUT2D eigenvalue weighted by molar-refractivity contribution is 6.08. The molecule has 3 N–H and O–H groups in total. The minimum atomic E-state index is -0.836. The average Bonchev–Trinajstić information content (AvgIpc) is 2.79. The van der Waals surface area contributed by atoms with Crippen LogP contribution in [0.1, 0.15) is 69.2 Å². The Labute approximate surface area is 194 Å². The van der Waals surface area contributed by atoms with E-state index in [0.29, 0.717) is 24.6 Å². The van der Waals surface area contributed by atoms with Crippen molar-refractivity contribution in [2.45, 2.75) is 71.0 Å². The lowest BCUT2D eigenvalue weighted by molar-refractivity contribution is -0.127. The number of anilines is 1. The van der Waals surface area contributed by atoms with Gasteiger partial charge in [0.2, 0.25) is 11.8 Å². The van der Waals surface area contributed by atoms with E-state index in [2.05, 4.69) is 20.9 Å². The number of alkyl carbamates (subject to hydrolysis) is 1. The molecule has 1 aromatic carbocycles.